The zero-order valence-electron chi connectivity index (χ0n) is 28.3. The number of pyridine rings is 1. The van der Waals surface area contributed by atoms with Gasteiger partial charge in [0.1, 0.15) is 16.9 Å². The van der Waals surface area contributed by atoms with Gasteiger partial charge in [0, 0.05) is 44.2 Å². The molecule has 250 valence electrons. The van der Waals surface area contributed by atoms with Crippen molar-refractivity contribution in [2.45, 2.75) is 57.7 Å². The molecule has 2 aliphatic rings. The fourth-order valence-corrected chi connectivity index (χ4v) is 6.75. The second kappa shape index (κ2) is 12.7. The summed E-state index contributed by atoms with van der Waals surface area (Å²) in [6.45, 7) is 5.91. The summed E-state index contributed by atoms with van der Waals surface area (Å²) in [5, 5.41) is 7.82. The van der Waals surface area contributed by atoms with Gasteiger partial charge in [-0.05, 0) is 74.9 Å². The predicted molar refractivity (Wildman–Crippen MR) is 186 cm³/mol. The molecule has 1 aliphatic carbocycles. The Kier molecular flexibility index (Phi) is 8.43. The first-order chi connectivity index (χ1) is 23.1. The first-order valence-electron chi connectivity index (χ1n) is 16.8. The number of hydrogen-bond donors (Lipinski definition) is 2. The van der Waals surface area contributed by atoms with Crippen LogP contribution in [0.2, 0.25) is 0 Å². The lowest BCUT2D eigenvalue weighted by molar-refractivity contribution is -0.122. The standard InChI is InChI=1S/C37H44N8O3/c1-22(25-9-7-6-8-10-25)36(46)39-23(2)29-14-13-26-18-31(44(34(26)40-29)20-24-11-12-24)35-41-30-17-27(19-32(48-5)33(30)43(35)4)37(47)45-21-28(38)15-16-42(45)3/h6-10,13-14,17-19,22-24,28H,11-12,15-16,20-21,38H2,1-5H3,(H,39,46)/t22-,23+,28+/m0/s1. The van der Waals surface area contributed by atoms with E-state index in [-0.39, 0.29) is 29.8 Å². The van der Waals surface area contributed by atoms with Gasteiger partial charge in [-0.1, -0.05) is 30.3 Å². The second-order valence-electron chi connectivity index (χ2n) is 13.5. The highest BCUT2D eigenvalue weighted by molar-refractivity contribution is 6.00. The molecular weight excluding hydrogens is 604 g/mol. The molecule has 0 spiro atoms. The molecule has 1 saturated heterocycles. The molecule has 7 rings (SSSR count). The molecule has 5 aromatic rings. The largest absolute Gasteiger partial charge is 0.494 e. The van der Waals surface area contributed by atoms with Crippen molar-refractivity contribution in [3.8, 4) is 17.3 Å². The van der Waals surface area contributed by atoms with Crippen LogP contribution in [0.3, 0.4) is 0 Å². The molecule has 48 heavy (non-hydrogen) atoms. The van der Waals surface area contributed by atoms with E-state index in [0.717, 1.165) is 58.8 Å². The van der Waals surface area contributed by atoms with E-state index in [1.165, 1.54) is 12.8 Å². The molecule has 2 aromatic carbocycles. The minimum absolute atomic E-state index is 0.0362. The van der Waals surface area contributed by atoms with Gasteiger partial charge in [-0.15, -0.1) is 0 Å². The maximum Gasteiger partial charge on any atom is 0.268 e. The van der Waals surface area contributed by atoms with E-state index in [9.17, 15) is 9.59 Å². The van der Waals surface area contributed by atoms with E-state index in [1.807, 2.05) is 80.0 Å². The van der Waals surface area contributed by atoms with Crippen LogP contribution in [0.4, 0.5) is 0 Å². The quantitative estimate of drug-likeness (QED) is 0.230. The van der Waals surface area contributed by atoms with E-state index in [1.54, 1.807) is 18.2 Å². The summed E-state index contributed by atoms with van der Waals surface area (Å²) in [5.74, 6) is 1.50. The number of rotatable bonds is 9. The van der Waals surface area contributed by atoms with Gasteiger partial charge in [-0.3, -0.25) is 14.6 Å². The molecule has 0 bridgehead atoms. The fraction of sp³-hybridized carbons (Fsp3) is 0.405. The van der Waals surface area contributed by atoms with E-state index in [4.69, 9.17) is 20.4 Å². The summed E-state index contributed by atoms with van der Waals surface area (Å²) in [5.41, 5.74) is 11.8. The number of hydrogen-bond acceptors (Lipinski definition) is 7. The molecule has 11 nitrogen and oxygen atoms in total. The smallest absolute Gasteiger partial charge is 0.268 e. The summed E-state index contributed by atoms with van der Waals surface area (Å²) in [4.78, 5) is 37.1. The van der Waals surface area contributed by atoms with Crippen molar-refractivity contribution < 1.29 is 14.3 Å². The molecule has 3 N–H and O–H groups in total. The highest BCUT2D eigenvalue weighted by atomic mass is 16.5. The van der Waals surface area contributed by atoms with Crippen molar-refractivity contribution in [2.24, 2.45) is 18.7 Å². The Morgan fingerprint density at radius 2 is 1.79 bits per heavy atom. The van der Waals surface area contributed by atoms with Crippen LogP contribution in [0.5, 0.6) is 5.75 Å². The lowest BCUT2D eigenvalue weighted by atomic mass is 10.00. The maximum absolute atomic E-state index is 13.7. The van der Waals surface area contributed by atoms with Crippen molar-refractivity contribution in [3.05, 3.63) is 77.5 Å². The van der Waals surface area contributed by atoms with Crippen LogP contribution < -0.4 is 15.8 Å². The SMILES string of the molecule is COc1cc(C(=O)N2C[C@H](N)CCN2C)cc2nc(-c3cc4ccc([C@@H](C)NC(=O)[C@@H](C)c5ccccc5)nc4n3CC3CC3)n(C)c12. The van der Waals surface area contributed by atoms with Crippen LogP contribution in [0.15, 0.2) is 60.7 Å². The predicted octanol–water partition coefficient (Wildman–Crippen LogP) is 5.01. The summed E-state index contributed by atoms with van der Waals surface area (Å²) in [6.07, 6.45) is 3.20. The van der Waals surface area contributed by atoms with E-state index in [2.05, 4.69) is 22.0 Å². The number of benzene rings is 2. The molecule has 0 unspecified atom stereocenters. The highest BCUT2D eigenvalue weighted by Gasteiger charge is 2.30. The Hall–Kier alpha value is -4.74. The molecule has 11 heteroatoms. The molecule has 2 amide bonds. The number of imidazole rings is 1. The summed E-state index contributed by atoms with van der Waals surface area (Å²) < 4.78 is 10.1. The molecule has 3 atom stereocenters. The van der Waals surface area contributed by atoms with Crippen LogP contribution in [0.1, 0.15) is 66.7 Å². The molecule has 4 heterocycles. The zero-order valence-corrected chi connectivity index (χ0v) is 28.3. The number of aromatic nitrogens is 4. The van der Waals surface area contributed by atoms with Crippen LogP contribution in [-0.2, 0) is 18.4 Å². The van der Waals surface area contributed by atoms with Crippen molar-refractivity contribution in [3.63, 3.8) is 0 Å². The van der Waals surface area contributed by atoms with Gasteiger partial charge in [-0.25, -0.2) is 15.0 Å². The molecule has 2 fully saturated rings. The second-order valence-corrected chi connectivity index (χ2v) is 13.5. The Morgan fingerprint density at radius 1 is 1.02 bits per heavy atom. The monoisotopic (exact) mass is 648 g/mol. The van der Waals surface area contributed by atoms with E-state index < -0.39 is 0 Å². The van der Waals surface area contributed by atoms with Gasteiger partial charge in [-0.2, -0.15) is 0 Å². The Bertz CT molecular complexity index is 2000. The lowest BCUT2D eigenvalue weighted by Gasteiger charge is -2.38. The number of amides is 2. The van der Waals surface area contributed by atoms with Crippen LogP contribution in [-0.4, -0.2) is 74.2 Å². The maximum atomic E-state index is 13.7. The number of hydrazine groups is 1. The number of nitrogens with two attached hydrogens (primary N) is 1. The minimum atomic E-state index is -0.273. The van der Waals surface area contributed by atoms with Crippen molar-refractivity contribution in [1.29, 1.82) is 0 Å². The van der Waals surface area contributed by atoms with Gasteiger partial charge >= 0.3 is 0 Å². The summed E-state index contributed by atoms with van der Waals surface area (Å²) >= 11 is 0. The van der Waals surface area contributed by atoms with Crippen molar-refractivity contribution in [1.82, 2.24) is 34.4 Å². The van der Waals surface area contributed by atoms with E-state index >= 15 is 0 Å². The van der Waals surface area contributed by atoms with Crippen molar-refractivity contribution >= 4 is 33.9 Å². The number of nitrogens with one attached hydrogen (secondary N) is 1. The number of nitrogens with zero attached hydrogens (tertiary/aromatic N) is 6. The Morgan fingerprint density at radius 3 is 2.52 bits per heavy atom. The van der Waals surface area contributed by atoms with E-state index in [0.29, 0.717) is 29.3 Å². The molecule has 3 aromatic heterocycles. The van der Waals surface area contributed by atoms with Gasteiger partial charge < -0.3 is 24.9 Å². The molecular formula is C37H44N8O3. The van der Waals surface area contributed by atoms with Gasteiger partial charge in [0.15, 0.2) is 5.82 Å². The third-order valence-electron chi connectivity index (χ3n) is 9.91. The number of fused-ring (bicyclic) bond motifs is 2. The first-order valence-corrected chi connectivity index (χ1v) is 16.8. The number of ether oxygens (including phenoxy) is 1. The van der Waals surface area contributed by atoms with Crippen LogP contribution >= 0.6 is 0 Å². The highest BCUT2D eigenvalue weighted by Crippen LogP contribution is 2.38. The number of carbonyl (C=O) groups is 2. The third kappa shape index (κ3) is 5.92. The fourth-order valence-electron chi connectivity index (χ4n) is 6.75. The normalized spacial score (nSPS) is 18.3. The molecule has 0 radical (unpaired) electrons. The topological polar surface area (TPSA) is 124 Å². The Balaban J connectivity index is 1.24. The first kappa shape index (κ1) is 31.8. The van der Waals surface area contributed by atoms with Crippen LogP contribution in [0.25, 0.3) is 33.6 Å². The van der Waals surface area contributed by atoms with Crippen molar-refractivity contribution in [2.75, 3.05) is 27.2 Å². The van der Waals surface area contributed by atoms with Gasteiger partial charge in [0.05, 0.1) is 42.5 Å². The number of methoxy groups -OCH3 is 1. The van der Waals surface area contributed by atoms with Gasteiger partial charge in [0.25, 0.3) is 5.91 Å². The number of carbonyl (C=O) groups excluding carboxylic acids is 2. The minimum Gasteiger partial charge on any atom is -0.494 e. The van der Waals surface area contributed by atoms with Crippen LogP contribution in [0, 0.1) is 5.92 Å². The zero-order chi connectivity index (χ0) is 33.7. The molecule has 1 aliphatic heterocycles. The third-order valence-corrected chi connectivity index (χ3v) is 9.91. The Labute approximate surface area is 280 Å². The summed E-state index contributed by atoms with van der Waals surface area (Å²) in [7, 11) is 5.51. The summed E-state index contributed by atoms with van der Waals surface area (Å²) in [6, 6.07) is 19.3. The van der Waals surface area contributed by atoms with Gasteiger partial charge in [0.2, 0.25) is 5.91 Å². The average Bonchev–Trinajstić information content (AvgIpc) is 3.77. The lowest BCUT2D eigenvalue weighted by Crippen LogP contribution is -2.55. The molecule has 1 saturated carbocycles. The number of aryl methyl sites for hydroxylation is 1. The average molecular weight is 649 g/mol.